The van der Waals surface area contributed by atoms with E-state index in [1.807, 2.05) is 0 Å². The molecule has 0 unspecified atom stereocenters. The van der Waals surface area contributed by atoms with Gasteiger partial charge in [-0.25, -0.2) is 8.42 Å². The number of rotatable bonds is 9. The third-order valence-electron chi connectivity index (χ3n) is 5.88. The summed E-state index contributed by atoms with van der Waals surface area (Å²) in [5.74, 6) is -0.805. The van der Waals surface area contributed by atoms with Crippen molar-refractivity contribution in [2.75, 3.05) is 11.6 Å². The molecule has 0 atom stereocenters. The molecule has 1 aromatic heterocycles. The van der Waals surface area contributed by atoms with Crippen molar-refractivity contribution in [3.8, 4) is 0 Å². The highest BCUT2D eigenvalue weighted by Gasteiger charge is 2.22. The predicted octanol–water partition coefficient (Wildman–Crippen LogP) is 3.39. The fourth-order valence-corrected chi connectivity index (χ4v) is 5.28. The first-order valence-electron chi connectivity index (χ1n) is 11.6. The van der Waals surface area contributed by atoms with Crippen molar-refractivity contribution in [2.45, 2.75) is 43.2 Å². The van der Waals surface area contributed by atoms with E-state index < -0.39 is 21.7 Å². The van der Waals surface area contributed by atoms with Crippen LogP contribution in [0.1, 0.15) is 47.2 Å². The molecule has 0 spiro atoms. The van der Waals surface area contributed by atoms with Gasteiger partial charge in [-0.2, -0.15) is 5.10 Å². The monoisotopic (exact) mass is 543 g/mol. The van der Waals surface area contributed by atoms with Crippen LogP contribution in [0.4, 0.5) is 5.82 Å². The highest BCUT2D eigenvalue weighted by atomic mass is 35.5. The first kappa shape index (κ1) is 26.4. The van der Waals surface area contributed by atoms with Crippen LogP contribution in [-0.4, -0.2) is 48.1 Å². The summed E-state index contributed by atoms with van der Waals surface area (Å²) in [4.78, 5) is 30.0. The van der Waals surface area contributed by atoms with Crippen molar-refractivity contribution < 1.29 is 22.8 Å². The Labute approximate surface area is 219 Å². The molecule has 3 N–H and O–H groups in total. The third kappa shape index (κ3) is 6.75. The summed E-state index contributed by atoms with van der Waals surface area (Å²) in [5, 5.41) is 11.2. The molecule has 1 fully saturated rings. The van der Waals surface area contributed by atoms with Gasteiger partial charge < -0.3 is 15.9 Å². The number of amides is 2. The van der Waals surface area contributed by atoms with E-state index in [0.29, 0.717) is 17.7 Å². The minimum absolute atomic E-state index is 0.0204. The predicted molar refractivity (Wildman–Crippen MR) is 139 cm³/mol. The molecule has 1 aliphatic rings. The van der Waals surface area contributed by atoms with Gasteiger partial charge in [0, 0.05) is 29.6 Å². The van der Waals surface area contributed by atoms with E-state index in [-0.39, 0.29) is 27.6 Å². The number of benzene rings is 2. The molecule has 1 aliphatic carbocycles. The molecule has 2 amide bonds. The zero-order chi connectivity index (χ0) is 26.6. The largest absolute Gasteiger partial charge is 0.392 e. The van der Waals surface area contributed by atoms with Crippen molar-refractivity contribution in [1.82, 2.24) is 9.78 Å². The number of hydrogen-bond acceptors (Lipinski definition) is 7. The Morgan fingerprint density at radius 1 is 1.14 bits per heavy atom. The van der Waals surface area contributed by atoms with E-state index in [2.05, 4.69) is 15.6 Å². The van der Waals surface area contributed by atoms with Crippen LogP contribution in [0, 0.1) is 0 Å². The lowest BCUT2D eigenvalue weighted by molar-refractivity contribution is -0.110. The molecule has 1 heterocycles. The highest BCUT2D eigenvalue weighted by molar-refractivity contribution is 7.90. The lowest BCUT2D eigenvalue weighted by Gasteiger charge is -2.11. The van der Waals surface area contributed by atoms with Crippen LogP contribution >= 0.6 is 11.6 Å². The molecule has 0 bridgehead atoms. The number of carbonyl (C=O) groups excluding carboxylic acids is 2. The van der Waals surface area contributed by atoms with Crippen LogP contribution in [0.2, 0.25) is 5.02 Å². The van der Waals surface area contributed by atoms with Gasteiger partial charge in [-0.15, -0.1) is 0 Å². The van der Waals surface area contributed by atoms with Gasteiger partial charge in [-0.1, -0.05) is 35.0 Å². The summed E-state index contributed by atoms with van der Waals surface area (Å²) in [6.07, 6.45) is 6.41. The van der Waals surface area contributed by atoms with E-state index in [4.69, 9.17) is 22.2 Å². The van der Waals surface area contributed by atoms with Gasteiger partial charge in [0.25, 0.3) is 5.91 Å². The van der Waals surface area contributed by atoms with Gasteiger partial charge >= 0.3 is 0 Å². The maximum Gasteiger partial charge on any atom is 0.279 e. The molecule has 2 aromatic carbocycles. The van der Waals surface area contributed by atoms with Crippen molar-refractivity contribution in [3.63, 3.8) is 0 Å². The Bertz CT molecular complexity index is 1440. The van der Waals surface area contributed by atoms with E-state index in [0.717, 1.165) is 37.5 Å². The van der Waals surface area contributed by atoms with Crippen molar-refractivity contribution >= 4 is 44.8 Å². The SMILES string of the molecule is CS(=O)(=O)c1ccc(/C(=N\OC2CCCC2)C(=O)Nc2ccn(Cc3ccc(C(N)=O)cc3)n2)cc1Cl. The molecule has 10 nitrogen and oxygen atoms in total. The fraction of sp³-hybridized carbons (Fsp3) is 0.280. The van der Waals surface area contributed by atoms with Crippen molar-refractivity contribution in [3.05, 3.63) is 76.4 Å². The van der Waals surface area contributed by atoms with Crippen LogP contribution < -0.4 is 11.1 Å². The Morgan fingerprint density at radius 3 is 2.43 bits per heavy atom. The summed E-state index contributed by atoms with van der Waals surface area (Å²) in [5.41, 5.74) is 6.83. The van der Waals surface area contributed by atoms with E-state index in [9.17, 15) is 18.0 Å². The molecule has 4 rings (SSSR count). The average molecular weight is 544 g/mol. The maximum atomic E-state index is 13.2. The molecular weight excluding hydrogens is 518 g/mol. The van der Waals surface area contributed by atoms with Crippen LogP contribution in [0.3, 0.4) is 0 Å². The zero-order valence-electron chi connectivity index (χ0n) is 20.1. The summed E-state index contributed by atoms with van der Waals surface area (Å²) in [7, 11) is -3.54. The van der Waals surface area contributed by atoms with E-state index >= 15 is 0 Å². The molecule has 37 heavy (non-hydrogen) atoms. The quantitative estimate of drug-likeness (QED) is 0.312. The molecule has 12 heteroatoms. The normalized spacial score (nSPS) is 14.5. The number of sulfone groups is 1. The van der Waals surface area contributed by atoms with Crippen LogP contribution in [0.5, 0.6) is 0 Å². The molecule has 1 saturated carbocycles. The standard InChI is InChI=1S/C25H26ClN5O5S/c1-37(34,35)21-11-10-18(14-20(21)26)23(30-36-19-4-2-3-5-19)25(33)28-22-12-13-31(29-22)15-16-6-8-17(9-7-16)24(27)32/h6-14,19H,2-5,15H2,1H3,(H2,27,32)(H,28,29,33)/b30-23+. The van der Waals surface area contributed by atoms with Gasteiger partial charge in [0.1, 0.15) is 6.10 Å². The molecule has 194 valence electrons. The van der Waals surface area contributed by atoms with Gasteiger partial charge in [-0.3, -0.25) is 14.3 Å². The van der Waals surface area contributed by atoms with Crippen LogP contribution in [0.25, 0.3) is 0 Å². The average Bonchev–Trinajstić information content (AvgIpc) is 3.51. The second-order valence-corrected chi connectivity index (χ2v) is 11.2. The molecular formula is C25H26ClN5O5S. The summed E-state index contributed by atoms with van der Waals surface area (Å²) in [6.45, 7) is 0.406. The number of anilines is 1. The summed E-state index contributed by atoms with van der Waals surface area (Å²) in [6, 6.07) is 12.6. The number of halogens is 1. The fourth-order valence-electron chi connectivity index (χ4n) is 3.95. The minimum atomic E-state index is -3.54. The maximum absolute atomic E-state index is 13.2. The van der Waals surface area contributed by atoms with Gasteiger partial charge in [0.05, 0.1) is 16.5 Å². The number of nitrogens with two attached hydrogens (primary N) is 1. The molecule has 3 aromatic rings. The number of hydrogen-bond donors (Lipinski definition) is 2. The van der Waals surface area contributed by atoms with Crippen molar-refractivity contribution in [2.24, 2.45) is 10.9 Å². The van der Waals surface area contributed by atoms with Crippen LogP contribution in [-0.2, 0) is 26.0 Å². The number of aromatic nitrogens is 2. The van der Waals surface area contributed by atoms with Gasteiger partial charge in [0.2, 0.25) is 5.91 Å². The number of nitrogens with zero attached hydrogens (tertiary/aromatic N) is 3. The second-order valence-electron chi connectivity index (χ2n) is 8.78. The second kappa shape index (κ2) is 11.1. The third-order valence-corrected chi connectivity index (χ3v) is 7.46. The zero-order valence-corrected chi connectivity index (χ0v) is 21.6. The Morgan fingerprint density at radius 2 is 1.81 bits per heavy atom. The summed E-state index contributed by atoms with van der Waals surface area (Å²) >= 11 is 6.21. The first-order valence-corrected chi connectivity index (χ1v) is 13.8. The Hall–Kier alpha value is -3.70. The smallest absolute Gasteiger partial charge is 0.279 e. The number of carbonyl (C=O) groups is 2. The van der Waals surface area contributed by atoms with Gasteiger partial charge in [-0.05, 0) is 55.5 Å². The molecule has 0 aliphatic heterocycles. The minimum Gasteiger partial charge on any atom is -0.392 e. The molecule has 0 saturated heterocycles. The first-order chi connectivity index (χ1) is 17.6. The molecule has 0 radical (unpaired) electrons. The van der Waals surface area contributed by atoms with Gasteiger partial charge in [0.15, 0.2) is 21.4 Å². The lowest BCUT2D eigenvalue weighted by Crippen LogP contribution is -2.25. The van der Waals surface area contributed by atoms with Crippen molar-refractivity contribution in [1.29, 1.82) is 0 Å². The topological polar surface area (TPSA) is 146 Å². The lowest BCUT2D eigenvalue weighted by atomic mass is 10.1. The highest BCUT2D eigenvalue weighted by Crippen LogP contribution is 2.25. The summed E-state index contributed by atoms with van der Waals surface area (Å²) < 4.78 is 25.5. The van der Waals surface area contributed by atoms with E-state index in [1.165, 1.54) is 18.2 Å². The van der Waals surface area contributed by atoms with E-state index in [1.54, 1.807) is 41.2 Å². The number of nitrogens with one attached hydrogen (secondary N) is 1. The Kier molecular flexibility index (Phi) is 7.94. The van der Waals surface area contributed by atoms with Crippen LogP contribution in [0.15, 0.2) is 64.8 Å². The number of oxime groups is 1. The number of primary amides is 1. The Balaban J connectivity index is 1.53.